The van der Waals surface area contributed by atoms with E-state index in [-0.39, 0.29) is 11.8 Å². The van der Waals surface area contributed by atoms with Gasteiger partial charge >= 0.3 is 5.97 Å². The highest BCUT2D eigenvalue weighted by molar-refractivity contribution is 5.86. The summed E-state index contributed by atoms with van der Waals surface area (Å²) in [7, 11) is 0. The topological polar surface area (TPSA) is 97.5 Å². The predicted molar refractivity (Wildman–Crippen MR) is 67.7 cm³/mol. The van der Waals surface area contributed by atoms with Gasteiger partial charge in [0.1, 0.15) is 5.82 Å². The number of anilines is 2. The van der Waals surface area contributed by atoms with E-state index in [0.717, 1.165) is 25.9 Å². The molecule has 0 aromatic carbocycles. The summed E-state index contributed by atoms with van der Waals surface area (Å²) in [6, 6.07) is 2.93. The Morgan fingerprint density at radius 2 is 2.39 bits per heavy atom. The summed E-state index contributed by atoms with van der Waals surface area (Å²) < 4.78 is 5.57. The highest BCUT2D eigenvalue weighted by Gasteiger charge is 2.15. The first-order chi connectivity index (χ1) is 8.66. The Bertz CT molecular complexity index is 431. The number of nitrogen functional groups attached to an aromatic ring is 1. The lowest BCUT2D eigenvalue weighted by Gasteiger charge is -2.23. The summed E-state index contributed by atoms with van der Waals surface area (Å²) in [6.07, 6.45) is 3.41. The zero-order valence-electron chi connectivity index (χ0n) is 10.1. The number of ether oxygens (including phenoxy) is 1. The monoisotopic (exact) mass is 251 g/mol. The number of nitrogens with zero attached hydrogens (tertiary/aromatic N) is 1. The molecule has 1 atom stereocenters. The zero-order valence-corrected chi connectivity index (χ0v) is 10.1. The summed E-state index contributed by atoms with van der Waals surface area (Å²) >= 11 is 0. The van der Waals surface area contributed by atoms with Gasteiger partial charge in [-0.25, -0.2) is 9.78 Å². The van der Waals surface area contributed by atoms with E-state index in [0.29, 0.717) is 18.1 Å². The second-order valence-electron chi connectivity index (χ2n) is 4.31. The number of nitrogens with one attached hydrogen (secondary N) is 1. The molecule has 1 aromatic rings. The Morgan fingerprint density at radius 1 is 1.56 bits per heavy atom. The highest BCUT2D eigenvalue weighted by Crippen LogP contribution is 2.18. The van der Waals surface area contributed by atoms with Gasteiger partial charge in [-0.3, -0.25) is 0 Å². The standard InChI is InChI=1S/C12H17N3O3/c13-9-4-5-10(12(16)17)15-11(9)14-7-8-3-1-2-6-18-8/h4-5,8H,1-3,6-7,13H2,(H,14,15)(H,16,17). The van der Waals surface area contributed by atoms with Gasteiger partial charge in [0.15, 0.2) is 5.69 Å². The molecule has 0 radical (unpaired) electrons. The molecule has 0 amide bonds. The molecule has 2 heterocycles. The molecule has 1 aromatic heterocycles. The lowest BCUT2D eigenvalue weighted by Crippen LogP contribution is -2.27. The molecule has 0 saturated carbocycles. The highest BCUT2D eigenvalue weighted by atomic mass is 16.5. The number of aromatic carboxylic acids is 1. The Morgan fingerprint density at radius 3 is 3.06 bits per heavy atom. The van der Waals surface area contributed by atoms with Crippen LogP contribution in [0.3, 0.4) is 0 Å². The minimum atomic E-state index is -1.06. The zero-order chi connectivity index (χ0) is 13.0. The minimum absolute atomic E-state index is 0.0173. The van der Waals surface area contributed by atoms with Crippen LogP contribution >= 0.6 is 0 Å². The molecule has 1 fully saturated rings. The molecule has 0 bridgehead atoms. The first-order valence-corrected chi connectivity index (χ1v) is 6.02. The van der Waals surface area contributed by atoms with Crippen LogP contribution in [0.25, 0.3) is 0 Å². The molecule has 4 N–H and O–H groups in total. The van der Waals surface area contributed by atoms with Crippen LogP contribution in [0.1, 0.15) is 29.8 Å². The van der Waals surface area contributed by atoms with Crippen LogP contribution in [0, 0.1) is 0 Å². The largest absolute Gasteiger partial charge is 0.477 e. The molecule has 18 heavy (non-hydrogen) atoms. The van der Waals surface area contributed by atoms with Crippen molar-refractivity contribution in [3.63, 3.8) is 0 Å². The second-order valence-corrected chi connectivity index (χ2v) is 4.31. The number of carboxylic acid groups (broad SMARTS) is 1. The van der Waals surface area contributed by atoms with E-state index in [9.17, 15) is 4.79 Å². The molecule has 1 unspecified atom stereocenters. The van der Waals surface area contributed by atoms with Crippen LogP contribution in [0.4, 0.5) is 11.5 Å². The molecule has 0 spiro atoms. The third kappa shape index (κ3) is 3.10. The molecule has 2 rings (SSSR count). The van der Waals surface area contributed by atoms with E-state index in [4.69, 9.17) is 15.6 Å². The Labute approximate surface area is 105 Å². The molecule has 1 aliphatic rings. The van der Waals surface area contributed by atoms with Crippen LogP contribution in [-0.2, 0) is 4.74 Å². The number of nitrogens with two attached hydrogens (primary N) is 1. The quantitative estimate of drug-likeness (QED) is 0.747. The fraction of sp³-hybridized carbons (Fsp3) is 0.500. The fourth-order valence-electron chi connectivity index (χ4n) is 1.91. The molecule has 6 heteroatoms. The Hall–Kier alpha value is -1.82. The lowest BCUT2D eigenvalue weighted by molar-refractivity contribution is 0.0247. The van der Waals surface area contributed by atoms with Gasteiger partial charge < -0.3 is 20.9 Å². The van der Waals surface area contributed by atoms with Gasteiger partial charge in [0.05, 0.1) is 11.8 Å². The summed E-state index contributed by atoms with van der Waals surface area (Å²) in [4.78, 5) is 14.8. The van der Waals surface area contributed by atoms with Crippen molar-refractivity contribution in [1.82, 2.24) is 4.98 Å². The van der Waals surface area contributed by atoms with Crippen molar-refractivity contribution in [1.29, 1.82) is 0 Å². The summed E-state index contributed by atoms with van der Waals surface area (Å²) in [5.74, 6) is -0.656. The van der Waals surface area contributed by atoms with Gasteiger partial charge in [0.25, 0.3) is 0 Å². The number of carbonyl (C=O) groups is 1. The molecular formula is C12H17N3O3. The molecule has 98 valence electrons. The van der Waals surface area contributed by atoms with Crippen LogP contribution in [0.2, 0.25) is 0 Å². The maximum Gasteiger partial charge on any atom is 0.354 e. The van der Waals surface area contributed by atoms with Crippen molar-refractivity contribution < 1.29 is 14.6 Å². The maximum absolute atomic E-state index is 10.8. The smallest absolute Gasteiger partial charge is 0.354 e. The van der Waals surface area contributed by atoms with Crippen LogP contribution in [-0.4, -0.2) is 35.3 Å². The summed E-state index contributed by atoms with van der Waals surface area (Å²) in [6.45, 7) is 1.38. The predicted octanol–water partition coefficient (Wildman–Crippen LogP) is 1.34. The van der Waals surface area contributed by atoms with Crippen molar-refractivity contribution in [2.24, 2.45) is 0 Å². The Kier molecular flexibility index (Phi) is 3.99. The van der Waals surface area contributed by atoms with Crippen molar-refractivity contribution >= 4 is 17.5 Å². The van der Waals surface area contributed by atoms with E-state index >= 15 is 0 Å². The number of rotatable bonds is 4. The third-order valence-corrected chi connectivity index (χ3v) is 2.92. The van der Waals surface area contributed by atoms with Crippen LogP contribution < -0.4 is 11.1 Å². The van der Waals surface area contributed by atoms with Crippen LogP contribution in [0.15, 0.2) is 12.1 Å². The number of aromatic nitrogens is 1. The van der Waals surface area contributed by atoms with Crippen molar-refractivity contribution in [3.8, 4) is 0 Å². The number of carboxylic acids is 1. The van der Waals surface area contributed by atoms with Gasteiger partial charge in [-0.2, -0.15) is 0 Å². The third-order valence-electron chi connectivity index (χ3n) is 2.92. The summed E-state index contributed by atoms with van der Waals surface area (Å²) in [5.41, 5.74) is 6.17. The molecule has 0 aliphatic carbocycles. The van der Waals surface area contributed by atoms with E-state index in [2.05, 4.69) is 10.3 Å². The van der Waals surface area contributed by atoms with Crippen molar-refractivity contribution in [2.45, 2.75) is 25.4 Å². The fourth-order valence-corrected chi connectivity index (χ4v) is 1.91. The number of hydrogen-bond donors (Lipinski definition) is 3. The molecular weight excluding hydrogens is 234 g/mol. The van der Waals surface area contributed by atoms with Gasteiger partial charge in [-0.15, -0.1) is 0 Å². The average molecular weight is 251 g/mol. The summed E-state index contributed by atoms with van der Waals surface area (Å²) in [5, 5.41) is 11.9. The van der Waals surface area contributed by atoms with E-state index < -0.39 is 5.97 Å². The average Bonchev–Trinajstić information content (AvgIpc) is 2.38. The van der Waals surface area contributed by atoms with Crippen LogP contribution in [0.5, 0.6) is 0 Å². The van der Waals surface area contributed by atoms with Gasteiger partial charge in [0.2, 0.25) is 0 Å². The van der Waals surface area contributed by atoms with E-state index in [1.165, 1.54) is 6.07 Å². The Balaban J connectivity index is 1.99. The number of hydrogen-bond acceptors (Lipinski definition) is 5. The second kappa shape index (κ2) is 5.68. The molecule has 6 nitrogen and oxygen atoms in total. The van der Waals surface area contributed by atoms with E-state index in [1.807, 2.05) is 0 Å². The maximum atomic E-state index is 10.8. The SMILES string of the molecule is Nc1ccc(C(=O)O)nc1NCC1CCCCO1. The lowest BCUT2D eigenvalue weighted by atomic mass is 10.1. The van der Waals surface area contributed by atoms with Gasteiger partial charge in [-0.05, 0) is 31.4 Å². The van der Waals surface area contributed by atoms with Gasteiger partial charge in [0, 0.05) is 13.2 Å². The van der Waals surface area contributed by atoms with Gasteiger partial charge in [-0.1, -0.05) is 0 Å². The minimum Gasteiger partial charge on any atom is -0.477 e. The van der Waals surface area contributed by atoms with E-state index in [1.54, 1.807) is 6.07 Å². The normalized spacial score (nSPS) is 19.4. The molecule has 1 aliphatic heterocycles. The first kappa shape index (κ1) is 12.6. The first-order valence-electron chi connectivity index (χ1n) is 6.02. The van der Waals surface area contributed by atoms with Crippen molar-refractivity contribution in [3.05, 3.63) is 17.8 Å². The molecule has 1 saturated heterocycles. The number of pyridine rings is 1. The van der Waals surface area contributed by atoms with Crippen molar-refractivity contribution in [2.75, 3.05) is 24.2 Å².